The van der Waals surface area contributed by atoms with Crippen LogP contribution in [-0.4, -0.2) is 55.9 Å². The molecule has 1 fully saturated rings. The van der Waals surface area contributed by atoms with E-state index < -0.39 is 61.1 Å². The Kier molecular flexibility index (Phi) is 10.2. The fourth-order valence-corrected chi connectivity index (χ4v) is 4.58. The Labute approximate surface area is 236 Å². The van der Waals surface area contributed by atoms with Gasteiger partial charge in [0, 0.05) is 13.5 Å². The molecule has 8 nitrogen and oxygen atoms in total. The molecule has 3 aromatic carbocycles. The maximum Gasteiger partial charge on any atom is 0.408 e. The average Bonchev–Trinajstić information content (AvgIpc) is 3.24. The Morgan fingerprint density at radius 3 is 2.07 bits per heavy atom. The number of rotatable bonds is 12. The van der Waals surface area contributed by atoms with Gasteiger partial charge in [0.15, 0.2) is 5.78 Å². The number of hydrogen-bond donors (Lipinski definition) is 1. The number of hydrogen-bond acceptors (Lipinski definition) is 7. The monoisotopic (exact) mass is 567 g/mol. The number of methoxy groups -OCH3 is 1. The van der Waals surface area contributed by atoms with Gasteiger partial charge in [-0.3, -0.25) is 4.79 Å². The van der Waals surface area contributed by atoms with E-state index in [0.29, 0.717) is 5.56 Å². The number of amides is 1. The highest BCUT2D eigenvalue weighted by Crippen LogP contribution is 2.43. The molecule has 0 bridgehead atoms. The smallest absolute Gasteiger partial charge is 0.408 e. The second-order valence-electron chi connectivity index (χ2n) is 9.61. The predicted molar refractivity (Wildman–Crippen MR) is 144 cm³/mol. The number of nitrogens with one attached hydrogen (secondary N) is 1. The van der Waals surface area contributed by atoms with Gasteiger partial charge in [-0.25, -0.2) is 18.4 Å². The Morgan fingerprint density at radius 1 is 0.878 bits per heavy atom. The minimum Gasteiger partial charge on any atom is -0.459 e. The lowest BCUT2D eigenvalue weighted by molar-refractivity contribution is -0.209. The zero-order chi connectivity index (χ0) is 29.2. The largest absolute Gasteiger partial charge is 0.459 e. The van der Waals surface area contributed by atoms with Crippen LogP contribution < -0.4 is 5.32 Å². The summed E-state index contributed by atoms with van der Waals surface area (Å²) < 4.78 is 51.4. The molecule has 0 spiro atoms. The minimum atomic E-state index is -3.57. The first-order valence-electron chi connectivity index (χ1n) is 13.1. The van der Waals surface area contributed by atoms with Crippen molar-refractivity contribution in [3.05, 3.63) is 108 Å². The summed E-state index contributed by atoms with van der Waals surface area (Å²) in [5.41, 5.74) is 1.70. The van der Waals surface area contributed by atoms with Crippen LogP contribution in [0.25, 0.3) is 0 Å². The van der Waals surface area contributed by atoms with Crippen LogP contribution in [-0.2, 0) is 36.8 Å². The van der Waals surface area contributed by atoms with Crippen molar-refractivity contribution in [1.29, 1.82) is 0 Å². The van der Waals surface area contributed by atoms with Crippen molar-refractivity contribution in [2.45, 2.75) is 43.8 Å². The van der Waals surface area contributed by atoms with Crippen LogP contribution in [0.1, 0.15) is 27.9 Å². The third-order valence-corrected chi connectivity index (χ3v) is 6.76. The molecular formula is C31H31F2NO7. The fraction of sp³-hybridized carbons (Fsp3) is 0.323. The number of carbonyl (C=O) groups is 3. The molecule has 4 atom stereocenters. The van der Waals surface area contributed by atoms with Crippen molar-refractivity contribution in [3.63, 3.8) is 0 Å². The fourth-order valence-electron chi connectivity index (χ4n) is 4.58. The van der Waals surface area contributed by atoms with Gasteiger partial charge in [-0.2, -0.15) is 0 Å². The molecule has 1 N–H and O–H groups in total. The van der Waals surface area contributed by atoms with Crippen molar-refractivity contribution < 1.29 is 42.1 Å². The molecule has 1 amide bonds. The summed E-state index contributed by atoms with van der Waals surface area (Å²) in [5.74, 6) is -6.62. The second kappa shape index (κ2) is 14.0. The SMILES string of the molecule is CO[C@@H]1O[C@H](COC(=O)c2ccccc2)[C@H](CC(=O)[C@H](Cc2ccccc2)NC(=O)OCc2ccccc2)C1(F)F. The molecule has 0 unspecified atom stereocenters. The number of halogens is 2. The zero-order valence-corrected chi connectivity index (χ0v) is 22.4. The number of alkyl carbamates (subject to hydrolysis) is 1. The van der Waals surface area contributed by atoms with E-state index in [-0.39, 0.29) is 18.6 Å². The molecule has 0 saturated carbocycles. The second-order valence-corrected chi connectivity index (χ2v) is 9.61. The normalized spacial score (nSPS) is 20.1. The number of esters is 1. The number of alkyl halides is 2. The Balaban J connectivity index is 1.47. The molecule has 41 heavy (non-hydrogen) atoms. The van der Waals surface area contributed by atoms with Crippen molar-refractivity contribution >= 4 is 17.8 Å². The summed E-state index contributed by atoms with van der Waals surface area (Å²) in [4.78, 5) is 38.5. The maximum absolute atomic E-state index is 15.3. The van der Waals surface area contributed by atoms with Gasteiger partial charge in [-0.15, -0.1) is 0 Å². The molecule has 3 aromatic rings. The Bertz CT molecular complexity index is 1290. The van der Waals surface area contributed by atoms with Crippen LogP contribution >= 0.6 is 0 Å². The van der Waals surface area contributed by atoms with E-state index in [1.54, 1.807) is 72.8 Å². The van der Waals surface area contributed by atoms with Crippen molar-refractivity contribution in [2.24, 2.45) is 5.92 Å². The highest BCUT2D eigenvalue weighted by atomic mass is 19.3. The summed E-state index contributed by atoms with van der Waals surface area (Å²) in [6.45, 7) is -0.547. The van der Waals surface area contributed by atoms with Gasteiger partial charge in [0.25, 0.3) is 0 Å². The van der Waals surface area contributed by atoms with Gasteiger partial charge in [0.2, 0.25) is 6.29 Å². The van der Waals surface area contributed by atoms with E-state index in [0.717, 1.165) is 12.7 Å². The maximum atomic E-state index is 15.3. The predicted octanol–water partition coefficient (Wildman–Crippen LogP) is 4.96. The highest BCUT2D eigenvalue weighted by molar-refractivity contribution is 5.89. The number of benzene rings is 3. The summed E-state index contributed by atoms with van der Waals surface area (Å²) in [6, 6.07) is 24.7. The zero-order valence-electron chi connectivity index (χ0n) is 22.4. The summed E-state index contributed by atoms with van der Waals surface area (Å²) in [5, 5.41) is 2.54. The van der Waals surface area contributed by atoms with E-state index in [1.807, 2.05) is 6.07 Å². The third-order valence-electron chi connectivity index (χ3n) is 6.76. The van der Waals surface area contributed by atoms with Crippen molar-refractivity contribution in [3.8, 4) is 0 Å². The minimum absolute atomic E-state index is 0.0299. The molecule has 0 aliphatic carbocycles. The molecule has 0 aromatic heterocycles. The van der Waals surface area contributed by atoms with E-state index >= 15 is 8.78 Å². The van der Waals surface area contributed by atoms with Gasteiger partial charge in [-0.05, 0) is 29.7 Å². The molecular weight excluding hydrogens is 536 g/mol. The number of carbonyl (C=O) groups excluding carboxylic acids is 3. The molecule has 4 rings (SSSR count). The van der Waals surface area contributed by atoms with Crippen LogP contribution in [0.4, 0.5) is 13.6 Å². The van der Waals surface area contributed by atoms with Gasteiger partial charge >= 0.3 is 18.0 Å². The number of ether oxygens (including phenoxy) is 4. The number of ketones is 1. The first-order chi connectivity index (χ1) is 19.8. The molecule has 216 valence electrons. The van der Waals surface area contributed by atoms with Crippen LogP contribution in [0.2, 0.25) is 0 Å². The van der Waals surface area contributed by atoms with E-state index in [2.05, 4.69) is 5.32 Å². The summed E-state index contributed by atoms with van der Waals surface area (Å²) >= 11 is 0. The first kappa shape index (κ1) is 29.8. The molecule has 0 radical (unpaired) electrons. The van der Waals surface area contributed by atoms with Crippen LogP contribution in [0.5, 0.6) is 0 Å². The lowest BCUT2D eigenvalue weighted by Gasteiger charge is -2.25. The van der Waals surface area contributed by atoms with Crippen LogP contribution in [0.15, 0.2) is 91.0 Å². The topological polar surface area (TPSA) is 100 Å². The summed E-state index contributed by atoms with van der Waals surface area (Å²) in [6.07, 6.45) is -4.73. The lowest BCUT2D eigenvalue weighted by atomic mass is 9.88. The molecule has 10 heteroatoms. The van der Waals surface area contributed by atoms with Crippen molar-refractivity contribution in [2.75, 3.05) is 13.7 Å². The quantitative estimate of drug-likeness (QED) is 0.309. The van der Waals surface area contributed by atoms with Gasteiger partial charge in [0.05, 0.1) is 17.5 Å². The summed E-state index contributed by atoms with van der Waals surface area (Å²) in [7, 11) is 1.07. The molecule has 1 heterocycles. The molecule has 1 aliphatic rings. The van der Waals surface area contributed by atoms with Crippen LogP contribution in [0.3, 0.4) is 0 Å². The highest BCUT2D eigenvalue weighted by Gasteiger charge is 2.60. The standard InChI is InChI=1S/C31H31F2NO7/c1-38-29-31(32,33)24(27(41-29)20-39-28(36)23-15-9-4-10-16-23)18-26(35)25(17-21-11-5-2-6-12-21)34-30(37)40-19-22-13-7-3-8-14-22/h2-16,24-25,27,29H,17-20H2,1H3,(H,34,37)/t24-,25-,27+,29+/m0/s1. The Hall–Kier alpha value is -4.15. The van der Waals surface area contributed by atoms with E-state index in [9.17, 15) is 14.4 Å². The third kappa shape index (κ3) is 7.96. The van der Waals surface area contributed by atoms with E-state index in [4.69, 9.17) is 18.9 Å². The van der Waals surface area contributed by atoms with Gasteiger partial charge < -0.3 is 24.3 Å². The molecule has 1 saturated heterocycles. The first-order valence-corrected chi connectivity index (χ1v) is 13.1. The van der Waals surface area contributed by atoms with Crippen molar-refractivity contribution in [1.82, 2.24) is 5.32 Å². The Morgan fingerprint density at radius 2 is 1.46 bits per heavy atom. The van der Waals surface area contributed by atoms with Crippen LogP contribution in [0, 0.1) is 5.92 Å². The molecule has 1 aliphatic heterocycles. The van der Waals surface area contributed by atoms with Gasteiger partial charge in [0.1, 0.15) is 19.3 Å². The van der Waals surface area contributed by atoms with Gasteiger partial charge in [-0.1, -0.05) is 78.9 Å². The average molecular weight is 568 g/mol. The lowest BCUT2D eigenvalue weighted by Crippen LogP contribution is -2.46. The number of Topliss-reactive ketones (excluding diaryl/α,β-unsaturated/α-hetero) is 1. The van der Waals surface area contributed by atoms with E-state index in [1.165, 1.54) is 12.1 Å².